The lowest BCUT2D eigenvalue weighted by molar-refractivity contribution is 0.0877. The van der Waals surface area contributed by atoms with Gasteiger partial charge in [-0.25, -0.2) is 9.80 Å². The topological polar surface area (TPSA) is 112 Å². The van der Waals surface area contributed by atoms with Gasteiger partial charge in [0, 0.05) is 43.1 Å². The maximum atomic E-state index is 17.1. The Bertz CT molecular complexity index is 4650. The van der Waals surface area contributed by atoms with Crippen LogP contribution >= 0.6 is 0 Å². The van der Waals surface area contributed by atoms with Gasteiger partial charge in [-0.1, -0.05) is 275 Å². The number of para-hydroxylation sites is 2. The van der Waals surface area contributed by atoms with Crippen molar-refractivity contribution in [2.24, 2.45) is 23.7 Å². The van der Waals surface area contributed by atoms with E-state index in [2.05, 4.69) is 223 Å². The van der Waals surface area contributed by atoms with E-state index in [0.717, 1.165) is 95.9 Å². The van der Waals surface area contributed by atoms with Crippen LogP contribution in [0.3, 0.4) is 0 Å². The van der Waals surface area contributed by atoms with E-state index in [0.29, 0.717) is 103 Å². The third-order valence-corrected chi connectivity index (χ3v) is 24.2. The van der Waals surface area contributed by atoms with Crippen molar-refractivity contribution in [1.29, 1.82) is 0 Å². The number of ether oxygens (including phenoxy) is 4. The van der Waals surface area contributed by atoms with Crippen LogP contribution in [0.1, 0.15) is 276 Å². The van der Waals surface area contributed by atoms with Gasteiger partial charge in [0.1, 0.15) is 46.0 Å². The van der Waals surface area contributed by atoms with E-state index in [1.54, 1.807) is 0 Å². The fourth-order valence-corrected chi connectivity index (χ4v) is 16.9. The van der Waals surface area contributed by atoms with Crippen LogP contribution in [-0.2, 0) is 47.3 Å². The minimum atomic E-state index is -0.492. The Hall–Kier alpha value is -9.80. The average molecular weight is 1470 g/mol. The zero-order chi connectivity index (χ0) is 78.8. The maximum Gasteiger partial charge on any atom is 0.266 e. The number of anilines is 2. The van der Waals surface area contributed by atoms with Crippen LogP contribution in [0.4, 0.5) is 11.4 Å². The van der Waals surface area contributed by atoms with Gasteiger partial charge in [-0.3, -0.25) is 19.2 Å². The van der Waals surface area contributed by atoms with Gasteiger partial charge in [0.15, 0.2) is 0 Å². The minimum Gasteiger partial charge on any atom is -0.457 e. The smallest absolute Gasteiger partial charge is 0.266 e. The molecule has 10 nitrogen and oxygen atoms in total. The monoisotopic (exact) mass is 1470 g/mol. The van der Waals surface area contributed by atoms with Gasteiger partial charge in [0.05, 0.1) is 33.6 Å². The van der Waals surface area contributed by atoms with Gasteiger partial charge >= 0.3 is 0 Å². The van der Waals surface area contributed by atoms with Crippen molar-refractivity contribution >= 4 is 78.1 Å². The highest BCUT2D eigenvalue weighted by molar-refractivity contribution is 6.48. The molecule has 110 heavy (non-hydrogen) atoms. The Morgan fingerprint density at radius 3 is 0.627 bits per heavy atom. The number of rotatable bonds is 26. The van der Waals surface area contributed by atoms with Crippen LogP contribution in [0.25, 0.3) is 43.1 Å². The third-order valence-electron chi connectivity index (χ3n) is 24.2. The normalized spacial score (nSPS) is 13.7. The van der Waals surface area contributed by atoms with Crippen molar-refractivity contribution in [1.82, 2.24) is 0 Å². The first-order chi connectivity index (χ1) is 52.3. The largest absolute Gasteiger partial charge is 0.457 e. The number of carbonyl (C=O) groups is 4. The molecule has 2 aliphatic heterocycles. The first-order valence-corrected chi connectivity index (χ1v) is 40.8. The molecule has 0 unspecified atom stereocenters. The lowest BCUT2D eigenvalue weighted by Gasteiger charge is -2.35. The number of hydrogen-bond acceptors (Lipinski definition) is 8. The van der Waals surface area contributed by atoms with Crippen LogP contribution in [0.5, 0.6) is 46.0 Å². The van der Waals surface area contributed by atoms with E-state index in [9.17, 15) is 0 Å². The molecule has 0 fully saturated rings. The second-order valence-electron chi connectivity index (χ2n) is 35.5. The van der Waals surface area contributed by atoms with Gasteiger partial charge in [-0.2, -0.15) is 0 Å². The summed E-state index contributed by atoms with van der Waals surface area (Å²) in [6.07, 6.45) is 10.0. The fourth-order valence-electron chi connectivity index (χ4n) is 16.9. The van der Waals surface area contributed by atoms with E-state index in [-0.39, 0.29) is 90.6 Å². The molecule has 0 aliphatic carbocycles. The number of benzene rings is 11. The summed E-state index contributed by atoms with van der Waals surface area (Å²) < 4.78 is 30.4. The average Bonchev–Trinajstić information content (AvgIpc) is 0.669. The van der Waals surface area contributed by atoms with E-state index in [4.69, 9.17) is 18.9 Å². The Kier molecular flexibility index (Phi) is 21.9. The summed E-state index contributed by atoms with van der Waals surface area (Å²) >= 11 is 0. The molecule has 0 bridgehead atoms. The summed E-state index contributed by atoms with van der Waals surface area (Å²) in [6, 6.07) is 52.2. The molecule has 11 aromatic carbocycles. The van der Waals surface area contributed by atoms with Crippen LogP contribution in [-0.4, -0.2) is 23.6 Å². The standard InChI is InChI=1S/C100H114N2O8/c1-21-59(22-2)51-63-31-29-32-64(52-60(23-3)24-4)91(63)101-93(103)75-55-79(107-71-43-35-67(36-44-71)97(9,10)11)85-87-81(109-73-47-39-69(40-48-73)99(15,16)17)57-77-84-78(96(106)102(95(77)105)92-65(53-61(25-5)26-6)33-30-34-66(92)54-62(27-7)28-8)58-82(110-74-49-41-70(42-50-74)100(18,19)20)88(90(84)87)86-80(56-76(94(101)104)83(75)89(85)86)108-72-45-37-68(38-46-72)98(12,13)14/h29-50,55-62H,21-28,51-54H2,1-20H3. The Morgan fingerprint density at radius 1 is 0.264 bits per heavy atom. The number of fused-ring (bicyclic) bond motifs is 2. The molecule has 0 spiro atoms. The fraction of sp³-hybridized carbons (Fsp3) is 0.400. The molecule has 4 amide bonds. The summed E-state index contributed by atoms with van der Waals surface area (Å²) in [6.45, 7) is 43.8. The molecular formula is C100H114N2O8. The molecule has 13 rings (SSSR count). The van der Waals surface area contributed by atoms with Crippen molar-refractivity contribution in [2.45, 2.75) is 237 Å². The number of carbonyl (C=O) groups excluding carboxylic acids is 4. The quantitative estimate of drug-likeness (QED) is 0.0299. The second kappa shape index (κ2) is 30.8. The molecular weight excluding hydrogens is 1360 g/mol. The maximum absolute atomic E-state index is 17.1. The summed E-state index contributed by atoms with van der Waals surface area (Å²) in [5.41, 5.74) is 9.56. The molecule has 2 aliphatic rings. The summed E-state index contributed by atoms with van der Waals surface area (Å²) in [7, 11) is 0. The molecule has 10 heteroatoms. The highest BCUT2D eigenvalue weighted by Gasteiger charge is 2.45. The molecule has 0 N–H and O–H groups in total. The predicted molar refractivity (Wildman–Crippen MR) is 455 cm³/mol. The van der Waals surface area contributed by atoms with Gasteiger partial charge in [0.25, 0.3) is 23.6 Å². The van der Waals surface area contributed by atoms with Gasteiger partial charge in [0.2, 0.25) is 0 Å². The highest BCUT2D eigenvalue weighted by atomic mass is 16.5. The first-order valence-electron chi connectivity index (χ1n) is 40.8. The first kappa shape index (κ1) is 78.3. The van der Waals surface area contributed by atoms with Crippen molar-refractivity contribution in [3.63, 3.8) is 0 Å². The van der Waals surface area contributed by atoms with Gasteiger partial charge < -0.3 is 18.9 Å². The molecule has 11 aromatic rings. The molecule has 0 saturated heterocycles. The summed E-state index contributed by atoms with van der Waals surface area (Å²) in [5.74, 6) is 2.21. The minimum absolute atomic E-state index is 0.201. The van der Waals surface area contributed by atoms with Crippen molar-refractivity contribution in [3.05, 3.63) is 224 Å². The second-order valence-corrected chi connectivity index (χ2v) is 35.5. The van der Waals surface area contributed by atoms with Crippen molar-refractivity contribution < 1.29 is 38.1 Å². The van der Waals surface area contributed by atoms with E-state index in [1.807, 2.05) is 72.8 Å². The number of nitrogens with zero attached hydrogens (tertiary/aromatic N) is 2. The van der Waals surface area contributed by atoms with Crippen LogP contribution < -0.4 is 28.7 Å². The van der Waals surface area contributed by atoms with Crippen LogP contribution in [0, 0.1) is 23.7 Å². The number of hydrogen-bond donors (Lipinski definition) is 0. The van der Waals surface area contributed by atoms with E-state index < -0.39 is 23.6 Å². The summed E-state index contributed by atoms with van der Waals surface area (Å²) in [4.78, 5) is 71.2. The number of imide groups is 2. The van der Waals surface area contributed by atoms with E-state index in [1.165, 1.54) is 9.80 Å². The van der Waals surface area contributed by atoms with Crippen molar-refractivity contribution in [2.75, 3.05) is 9.80 Å². The predicted octanol–water partition coefficient (Wildman–Crippen LogP) is 27.6. The zero-order valence-corrected chi connectivity index (χ0v) is 69.0. The van der Waals surface area contributed by atoms with E-state index >= 15 is 19.2 Å². The van der Waals surface area contributed by atoms with Gasteiger partial charge in [-0.05, 0) is 188 Å². The highest BCUT2D eigenvalue weighted by Crippen LogP contribution is 2.59. The Labute approximate surface area is 653 Å². The third kappa shape index (κ3) is 14.8. The van der Waals surface area contributed by atoms with Crippen molar-refractivity contribution in [3.8, 4) is 46.0 Å². The molecule has 0 aromatic heterocycles. The lowest BCUT2D eigenvalue weighted by Crippen LogP contribution is -2.42. The van der Waals surface area contributed by atoms with Crippen LogP contribution in [0.2, 0.25) is 0 Å². The molecule has 0 radical (unpaired) electrons. The Balaban J connectivity index is 1.24. The SMILES string of the molecule is CCC(CC)Cc1cccc(CC(CC)CC)c1N1C(=O)c2cc(Oc3ccc(C(C)(C)C)cc3)c3c4c(Oc5ccc(C(C)(C)C)cc5)cc5c6c(cc(Oc7ccc(C(C)(C)C)cc7)c(c7c(Oc8ccc(C(C)(C)C)cc8)cc(c2c37)C1=O)c64)C(=O)N(c1c(CC(CC)CC)cccc1CC(CC)CC)C5=O. The molecule has 572 valence electrons. The Morgan fingerprint density at radius 2 is 0.455 bits per heavy atom. The molecule has 0 saturated carbocycles. The van der Waals surface area contributed by atoms with Gasteiger partial charge in [-0.15, -0.1) is 0 Å². The lowest BCUT2D eigenvalue weighted by atomic mass is 9.80. The molecule has 0 atom stereocenters. The summed E-state index contributed by atoms with van der Waals surface area (Å²) in [5, 5.41) is 3.60. The molecule has 2 heterocycles. The van der Waals surface area contributed by atoms with Crippen LogP contribution in [0.15, 0.2) is 158 Å². The number of amides is 4. The zero-order valence-electron chi connectivity index (χ0n) is 69.0.